The van der Waals surface area contributed by atoms with Crippen molar-refractivity contribution in [3.05, 3.63) is 0 Å². The zero-order chi connectivity index (χ0) is 37.5. The van der Waals surface area contributed by atoms with Crippen molar-refractivity contribution in [2.45, 2.75) is 268 Å². The molecule has 0 bridgehead atoms. The molecule has 0 amide bonds. The predicted molar refractivity (Wildman–Crippen MR) is 214 cm³/mol. The maximum atomic E-state index is 10.2. The molecule has 5 heteroatoms. The Morgan fingerprint density at radius 1 is 0.347 bits per heavy atom. The Labute approximate surface area is 319 Å². The van der Waals surface area contributed by atoms with Crippen LogP contribution < -0.4 is 10.2 Å². The van der Waals surface area contributed by atoms with Crippen LogP contribution in [-0.4, -0.2) is 33.1 Å². The summed E-state index contributed by atoms with van der Waals surface area (Å²) in [6.07, 6.45) is 39.7. The molecule has 4 nitrogen and oxygen atoms in total. The Balaban J connectivity index is -0.000000695. The van der Waals surface area contributed by atoms with Crippen molar-refractivity contribution in [1.29, 1.82) is 0 Å². The molecule has 0 heterocycles. The average molecular weight is 800 g/mol. The van der Waals surface area contributed by atoms with E-state index in [1.165, 1.54) is 167 Å². The first-order valence-corrected chi connectivity index (χ1v) is 24.3. The van der Waals surface area contributed by atoms with Crippen LogP contribution in [0, 0.1) is 0 Å². The van der Waals surface area contributed by atoms with Gasteiger partial charge in [-0.25, -0.2) is 0 Å². The standard InChI is InChI=1S/2C18H36O2.2C4H9.Sn/c2*1-2-3-4-5-6-7-8-9-10-11-12-13-14-15-16-17-18(19)20;2*1-4(2)3;/h2*2-17H2,1H3,(H,19,20);2*1-3H3;/q;;;;+2/p-2. The number of aliphatic carboxylic acids is 2. The van der Waals surface area contributed by atoms with Gasteiger partial charge in [0.15, 0.2) is 0 Å². The molecule has 0 fully saturated rings. The molecular weight excluding hydrogens is 711 g/mol. The van der Waals surface area contributed by atoms with Crippen LogP contribution in [0.15, 0.2) is 0 Å². The number of hydrogen-bond donors (Lipinski definition) is 0. The van der Waals surface area contributed by atoms with Gasteiger partial charge in [0.1, 0.15) is 0 Å². The Hall–Kier alpha value is -0.261. The monoisotopic (exact) mass is 801 g/mol. The Bertz CT molecular complexity index is 609. The van der Waals surface area contributed by atoms with Gasteiger partial charge in [0, 0.05) is 11.9 Å². The molecule has 49 heavy (non-hydrogen) atoms. The van der Waals surface area contributed by atoms with E-state index in [9.17, 15) is 19.8 Å². The summed E-state index contributed by atoms with van der Waals surface area (Å²) in [5, 5.41) is 20.4. The molecule has 0 aliphatic rings. The second-order valence-electron chi connectivity index (χ2n) is 16.8. The van der Waals surface area contributed by atoms with Gasteiger partial charge < -0.3 is 19.8 Å². The van der Waals surface area contributed by atoms with Crippen molar-refractivity contribution in [2.75, 3.05) is 0 Å². The van der Waals surface area contributed by atoms with Gasteiger partial charge in [-0.3, -0.25) is 0 Å². The summed E-state index contributed by atoms with van der Waals surface area (Å²) >= 11 is -0.182. The van der Waals surface area contributed by atoms with Crippen molar-refractivity contribution >= 4 is 33.1 Å². The van der Waals surface area contributed by atoms with Crippen LogP contribution in [0.5, 0.6) is 0 Å². The number of carboxylic acid groups (broad SMARTS) is 2. The van der Waals surface area contributed by atoms with Gasteiger partial charge in [-0.05, 0) is 25.7 Å². The van der Waals surface area contributed by atoms with E-state index < -0.39 is 11.9 Å². The van der Waals surface area contributed by atoms with Gasteiger partial charge in [-0.15, -0.1) is 0 Å². The minimum absolute atomic E-state index is 0.182. The van der Waals surface area contributed by atoms with Gasteiger partial charge in [-0.2, -0.15) is 0 Å². The van der Waals surface area contributed by atoms with E-state index in [0.29, 0.717) is 6.86 Å². The fraction of sp³-hybridized carbons (Fsp3) is 0.955. The number of rotatable bonds is 32. The summed E-state index contributed by atoms with van der Waals surface area (Å²) in [5.41, 5.74) is 0. The number of carbonyl (C=O) groups is 2. The normalized spacial score (nSPS) is 11.3. The summed E-state index contributed by atoms with van der Waals surface area (Å²) in [6, 6.07) is 0. The second-order valence-corrected chi connectivity index (χ2v) is 26.0. The van der Waals surface area contributed by atoms with Crippen molar-refractivity contribution in [3.63, 3.8) is 0 Å². The van der Waals surface area contributed by atoms with E-state index in [4.69, 9.17) is 0 Å². The molecule has 0 saturated heterocycles. The molecule has 0 saturated carbocycles. The molecule has 0 aromatic rings. The minimum atomic E-state index is -0.903. The van der Waals surface area contributed by atoms with Crippen molar-refractivity contribution < 1.29 is 19.8 Å². The SMILES string of the molecule is CCCCCCCCCCCCCCCCCC(=O)[O-].CCCCCCCCCCCCCCCCCC(=O)[O-].C[C](C)(C)[Sn+2][C](C)(C)C. The van der Waals surface area contributed by atoms with Gasteiger partial charge >= 0.3 is 69.5 Å². The van der Waals surface area contributed by atoms with Crippen molar-refractivity contribution in [1.82, 2.24) is 0 Å². The molecule has 0 aromatic heterocycles. The predicted octanol–water partition coefficient (Wildman–Crippen LogP) is 13.1. The molecule has 0 rings (SSSR count). The third kappa shape index (κ3) is 63.2. The van der Waals surface area contributed by atoms with Gasteiger partial charge in [-0.1, -0.05) is 194 Å². The van der Waals surface area contributed by atoms with Crippen LogP contribution in [0.4, 0.5) is 0 Å². The third-order valence-corrected chi connectivity index (χ3v) is 13.0. The number of carboxylic acids is 2. The van der Waals surface area contributed by atoms with E-state index in [1.54, 1.807) is 0 Å². The van der Waals surface area contributed by atoms with E-state index in [-0.39, 0.29) is 34.0 Å². The first kappa shape index (κ1) is 53.1. The van der Waals surface area contributed by atoms with E-state index in [1.807, 2.05) is 0 Å². The molecule has 292 valence electrons. The summed E-state index contributed by atoms with van der Waals surface area (Å²) in [5.74, 6) is -1.81. The van der Waals surface area contributed by atoms with Crippen LogP contribution in [0.3, 0.4) is 0 Å². The van der Waals surface area contributed by atoms with E-state index in [2.05, 4.69) is 55.4 Å². The molecule has 0 unspecified atom stereocenters. The fourth-order valence-electron chi connectivity index (χ4n) is 6.41. The van der Waals surface area contributed by atoms with Gasteiger partial charge in [0.25, 0.3) is 0 Å². The first-order valence-electron chi connectivity index (χ1n) is 21.4. The van der Waals surface area contributed by atoms with Crippen molar-refractivity contribution in [3.8, 4) is 0 Å². The molecule has 0 aromatic carbocycles. The second kappa shape index (κ2) is 40.5. The van der Waals surface area contributed by atoms with Crippen LogP contribution in [0.1, 0.15) is 261 Å². The zero-order valence-corrected chi connectivity index (χ0v) is 37.6. The molecule has 0 atom stereocenters. The zero-order valence-electron chi connectivity index (χ0n) is 34.8. The van der Waals surface area contributed by atoms with Crippen LogP contribution in [0.25, 0.3) is 0 Å². The number of unbranched alkanes of at least 4 members (excludes halogenated alkanes) is 28. The first-order chi connectivity index (χ1) is 23.2. The van der Waals surface area contributed by atoms with Gasteiger partial charge in [0.2, 0.25) is 0 Å². The molecule has 0 aliphatic carbocycles. The van der Waals surface area contributed by atoms with Crippen LogP contribution in [0.2, 0.25) is 6.86 Å². The molecule has 0 aliphatic heterocycles. The van der Waals surface area contributed by atoms with Crippen LogP contribution in [-0.2, 0) is 9.59 Å². The third-order valence-electron chi connectivity index (χ3n) is 8.72. The summed E-state index contributed by atoms with van der Waals surface area (Å²) < 4.78 is 1.31. The quantitative estimate of drug-likeness (QED) is 0.0501. The molecule has 0 spiro atoms. The van der Waals surface area contributed by atoms with E-state index >= 15 is 0 Å². The molecule has 0 N–H and O–H groups in total. The van der Waals surface area contributed by atoms with Crippen molar-refractivity contribution in [2.24, 2.45) is 0 Å². The summed E-state index contributed by atoms with van der Waals surface area (Å²) in [7, 11) is 0. The number of carbonyl (C=O) groups excluding carboxylic acids is 2. The topological polar surface area (TPSA) is 80.3 Å². The summed E-state index contributed by atoms with van der Waals surface area (Å²) in [6.45, 7) is 18.7. The average Bonchev–Trinajstić information content (AvgIpc) is 2.99. The molecule has 0 radical (unpaired) electrons. The fourth-order valence-corrected chi connectivity index (χ4v) is 12.8. The Morgan fingerprint density at radius 2 is 0.510 bits per heavy atom. The van der Waals surface area contributed by atoms with E-state index in [0.717, 1.165) is 25.7 Å². The number of hydrogen-bond acceptors (Lipinski definition) is 4. The molecular formula is C44H88O4Sn. The Kier molecular flexibility index (Phi) is 43.9. The van der Waals surface area contributed by atoms with Gasteiger partial charge in [0.05, 0.1) is 0 Å². The van der Waals surface area contributed by atoms with Crippen LogP contribution >= 0.6 is 0 Å². The Morgan fingerprint density at radius 3 is 0.633 bits per heavy atom. The summed E-state index contributed by atoms with van der Waals surface area (Å²) in [4.78, 5) is 20.4. The maximum absolute atomic E-state index is 10.2.